The van der Waals surface area contributed by atoms with E-state index in [1.807, 2.05) is 18.2 Å². The van der Waals surface area contributed by atoms with Crippen molar-refractivity contribution < 1.29 is 4.79 Å². The van der Waals surface area contributed by atoms with Crippen molar-refractivity contribution in [2.45, 2.75) is 24.9 Å². The zero-order chi connectivity index (χ0) is 13.9. The smallest absolute Gasteiger partial charge is 0.234 e. The molecule has 1 saturated carbocycles. The minimum Gasteiger partial charge on any atom is -0.352 e. The molecule has 1 aromatic carbocycles. The van der Waals surface area contributed by atoms with E-state index in [4.69, 9.17) is 11.6 Å². The quantitative estimate of drug-likeness (QED) is 0.886. The molecule has 1 unspecified atom stereocenters. The highest BCUT2D eigenvalue weighted by molar-refractivity contribution is 6.30. The van der Waals surface area contributed by atoms with Crippen LogP contribution in [0.1, 0.15) is 24.4 Å². The summed E-state index contributed by atoms with van der Waals surface area (Å²) in [5.74, 6) is 0.140. The number of hydrogen-bond acceptors (Lipinski definition) is 3. The third kappa shape index (κ3) is 3.51. The van der Waals surface area contributed by atoms with Crippen LogP contribution in [0.25, 0.3) is 0 Å². The molecule has 0 bridgehead atoms. The summed E-state index contributed by atoms with van der Waals surface area (Å²) in [4.78, 5) is 14.2. The molecule has 1 saturated heterocycles. The first-order valence-corrected chi connectivity index (χ1v) is 7.60. The van der Waals surface area contributed by atoms with Crippen molar-refractivity contribution >= 4 is 17.5 Å². The molecule has 0 spiro atoms. The normalized spacial score (nSPS) is 23.6. The van der Waals surface area contributed by atoms with Gasteiger partial charge in [0.25, 0.3) is 0 Å². The molecule has 2 aliphatic rings. The van der Waals surface area contributed by atoms with Crippen LogP contribution in [0, 0.1) is 0 Å². The fraction of sp³-hybridized carbons (Fsp3) is 0.533. The molecule has 5 heteroatoms. The molecule has 2 N–H and O–H groups in total. The van der Waals surface area contributed by atoms with Crippen LogP contribution in [0.3, 0.4) is 0 Å². The van der Waals surface area contributed by atoms with Gasteiger partial charge in [-0.15, -0.1) is 0 Å². The lowest BCUT2D eigenvalue weighted by molar-refractivity contribution is -0.123. The number of halogens is 1. The van der Waals surface area contributed by atoms with E-state index >= 15 is 0 Å². The van der Waals surface area contributed by atoms with Crippen molar-refractivity contribution in [2.75, 3.05) is 26.2 Å². The number of rotatable bonds is 4. The summed E-state index contributed by atoms with van der Waals surface area (Å²) in [6, 6.07) is 8.56. The van der Waals surface area contributed by atoms with E-state index in [9.17, 15) is 4.79 Å². The molecule has 4 nitrogen and oxygen atoms in total. The lowest BCUT2D eigenvalue weighted by Crippen LogP contribution is -2.49. The number of nitrogens with zero attached hydrogens (tertiary/aromatic N) is 1. The second-order valence-electron chi connectivity index (χ2n) is 5.59. The Morgan fingerprint density at radius 3 is 3.05 bits per heavy atom. The van der Waals surface area contributed by atoms with Gasteiger partial charge in [0.05, 0.1) is 6.54 Å². The predicted octanol–water partition coefficient (Wildman–Crippen LogP) is 1.56. The summed E-state index contributed by atoms with van der Waals surface area (Å²) >= 11 is 6.08. The van der Waals surface area contributed by atoms with Gasteiger partial charge in [0.15, 0.2) is 0 Å². The summed E-state index contributed by atoms with van der Waals surface area (Å²) in [7, 11) is 0. The van der Waals surface area contributed by atoms with Crippen LogP contribution in [0.15, 0.2) is 24.3 Å². The van der Waals surface area contributed by atoms with E-state index in [2.05, 4.69) is 21.6 Å². The number of carbonyl (C=O) groups is 1. The highest BCUT2D eigenvalue weighted by atomic mass is 35.5. The number of carbonyl (C=O) groups excluding carboxylic acids is 1. The van der Waals surface area contributed by atoms with Gasteiger partial charge in [-0.1, -0.05) is 23.7 Å². The standard InChI is InChI=1S/C15H20ClN3O/c16-12-3-1-2-11(8-12)14-9-17-6-7-19(14)10-15(20)18-13-4-5-13/h1-3,8,13-14,17H,4-7,9-10H2,(H,18,20). The van der Waals surface area contributed by atoms with Gasteiger partial charge in [-0.2, -0.15) is 0 Å². The van der Waals surface area contributed by atoms with Crippen LogP contribution in [-0.4, -0.2) is 43.0 Å². The zero-order valence-electron chi connectivity index (χ0n) is 11.4. The molecule has 1 heterocycles. The van der Waals surface area contributed by atoms with Crippen LogP contribution in [0.2, 0.25) is 5.02 Å². The summed E-state index contributed by atoms with van der Waals surface area (Å²) in [6.07, 6.45) is 2.26. The van der Waals surface area contributed by atoms with Crippen LogP contribution in [0.5, 0.6) is 0 Å². The topological polar surface area (TPSA) is 44.4 Å². The molecule has 0 aromatic heterocycles. The van der Waals surface area contributed by atoms with Crippen molar-refractivity contribution in [3.63, 3.8) is 0 Å². The van der Waals surface area contributed by atoms with Crippen molar-refractivity contribution in [3.05, 3.63) is 34.9 Å². The van der Waals surface area contributed by atoms with Crippen molar-refractivity contribution in [1.82, 2.24) is 15.5 Å². The SMILES string of the molecule is O=C(CN1CCNCC1c1cccc(Cl)c1)NC1CC1. The number of benzene rings is 1. The second kappa shape index (κ2) is 6.12. The van der Waals surface area contributed by atoms with E-state index in [0.29, 0.717) is 12.6 Å². The van der Waals surface area contributed by atoms with E-state index in [0.717, 1.165) is 37.5 Å². The van der Waals surface area contributed by atoms with Gasteiger partial charge in [0.2, 0.25) is 5.91 Å². The molecule has 20 heavy (non-hydrogen) atoms. The van der Waals surface area contributed by atoms with Crippen molar-refractivity contribution in [1.29, 1.82) is 0 Å². The van der Waals surface area contributed by atoms with Gasteiger partial charge in [-0.3, -0.25) is 9.69 Å². The molecule has 0 radical (unpaired) electrons. The Morgan fingerprint density at radius 2 is 2.30 bits per heavy atom. The fourth-order valence-electron chi connectivity index (χ4n) is 2.66. The Morgan fingerprint density at radius 1 is 1.45 bits per heavy atom. The van der Waals surface area contributed by atoms with Gasteiger partial charge in [-0.25, -0.2) is 0 Å². The van der Waals surface area contributed by atoms with Crippen molar-refractivity contribution in [3.8, 4) is 0 Å². The van der Waals surface area contributed by atoms with Gasteiger partial charge < -0.3 is 10.6 Å². The summed E-state index contributed by atoms with van der Waals surface area (Å²) in [5, 5.41) is 7.20. The van der Waals surface area contributed by atoms with Crippen molar-refractivity contribution in [2.24, 2.45) is 0 Å². The van der Waals surface area contributed by atoms with E-state index < -0.39 is 0 Å². The van der Waals surface area contributed by atoms with Crippen LogP contribution in [-0.2, 0) is 4.79 Å². The van der Waals surface area contributed by atoms with Gasteiger partial charge >= 0.3 is 0 Å². The Hall–Kier alpha value is -1.10. The monoisotopic (exact) mass is 293 g/mol. The molecule has 1 aliphatic carbocycles. The molecule has 1 amide bonds. The maximum Gasteiger partial charge on any atom is 0.234 e. The number of amides is 1. The Balaban J connectivity index is 1.68. The summed E-state index contributed by atoms with van der Waals surface area (Å²) in [5.41, 5.74) is 1.17. The van der Waals surface area contributed by atoms with Gasteiger partial charge in [0.1, 0.15) is 0 Å². The first kappa shape index (κ1) is 13.9. The van der Waals surface area contributed by atoms with E-state index in [-0.39, 0.29) is 11.9 Å². The van der Waals surface area contributed by atoms with Crippen LogP contribution >= 0.6 is 11.6 Å². The number of hydrogen-bond donors (Lipinski definition) is 2. The maximum absolute atomic E-state index is 12.0. The average Bonchev–Trinajstić information content (AvgIpc) is 3.23. The molecule has 2 fully saturated rings. The first-order chi connectivity index (χ1) is 9.72. The Kier molecular flexibility index (Phi) is 4.24. The number of piperazine rings is 1. The Bertz CT molecular complexity index is 490. The molecule has 108 valence electrons. The minimum absolute atomic E-state index is 0.140. The lowest BCUT2D eigenvalue weighted by Gasteiger charge is -2.36. The minimum atomic E-state index is 0.140. The fourth-order valence-corrected chi connectivity index (χ4v) is 2.86. The molecule has 1 aromatic rings. The first-order valence-electron chi connectivity index (χ1n) is 7.22. The molecule has 3 rings (SSSR count). The van der Waals surface area contributed by atoms with Crippen LogP contribution in [0.4, 0.5) is 0 Å². The number of nitrogens with one attached hydrogen (secondary N) is 2. The zero-order valence-corrected chi connectivity index (χ0v) is 12.2. The summed E-state index contributed by atoms with van der Waals surface area (Å²) < 4.78 is 0. The second-order valence-corrected chi connectivity index (χ2v) is 6.02. The van der Waals surface area contributed by atoms with E-state index in [1.54, 1.807) is 0 Å². The van der Waals surface area contributed by atoms with Gasteiger partial charge in [0, 0.05) is 36.7 Å². The largest absolute Gasteiger partial charge is 0.352 e. The summed E-state index contributed by atoms with van der Waals surface area (Å²) in [6.45, 7) is 3.13. The lowest BCUT2D eigenvalue weighted by atomic mass is 10.0. The average molecular weight is 294 g/mol. The third-order valence-electron chi connectivity index (χ3n) is 3.88. The highest BCUT2D eigenvalue weighted by Crippen LogP contribution is 2.24. The van der Waals surface area contributed by atoms with E-state index in [1.165, 1.54) is 5.56 Å². The maximum atomic E-state index is 12.0. The highest BCUT2D eigenvalue weighted by Gasteiger charge is 2.28. The van der Waals surface area contributed by atoms with Crippen LogP contribution < -0.4 is 10.6 Å². The molecular weight excluding hydrogens is 274 g/mol. The third-order valence-corrected chi connectivity index (χ3v) is 4.11. The van der Waals surface area contributed by atoms with Gasteiger partial charge in [-0.05, 0) is 30.5 Å². The molecule has 1 aliphatic heterocycles. The predicted molar refractivity (Wildman–Crippen MR) is 79.8 cm³/mol. The Labute approximate surface area is 124 Å². The molecule has 1 atom stereocenters. The molecular formula is C15H20ClN3O.